The Kier molecular flexibility index (Phi) is 7.44. The van der Waals surface area contributed by atoms with E-state index >= 15 is 0 Å². The van der Waals surface area contributed by atoms with Gasteiger partial charge >= 0.3 is 0 Å². The van der Waals surface area contributed by atoms with Gasteiger partial charge in [-0.1, -0.05) is 48.0 Å². The summed E-state index contributed by atoms with van der Waals surface area (Å²) in [7, 11) is 1.52. The van der Waals surface area contributed by atoms with E-state index in [1.54, 1.807) is 42.5 Å². The maximum Gasteiger partial charge on any atom is 0.282 e. The maximum absolute atomic E-state index is 13.3. The van der Waals surface area contributed by atoms with Crippen LogP contribution in [0.2, 0.25) is 0 Å². The summed E-state index contributed by atoms with van der Waals surface area (Å²) in [4.78, 5) is 28.6. The summed E-state index contributed by atoms with van der Waals surface area (Å²) in [6.45, 7) is 3.96. The van der Waals surface area contributed by atoms with Crippen molar-refractivity contribution in [3.8, 4) is 11.5 Å². The van der Waals surface area contributed by atoms with Crippen LogP contribution >= 0.6 is 15.9 Å². The van der Waals surface area contributed by atoms with Crippen molar-refractivity contribution in [3.05, 3.63) is 103 Å². The van der Waals surface area contributed by atoms with E-state index in [4.69, 9.17) is 9.47 Å². The molecule has 1 heterocycles. The van der Waals surface area contributed by atoms with Gasteiger partial charge in [0.05, 0.1) is 29.2 Å². The first-order chi connectivity index (χ1) is 17.3. The molecule has 4 rings (SSSR count). The molecule has 0 bridgehead atoms. The Morgan fingerprint density at radius 1 is 1.17 bits per heavy atom. The molecule has 36 heavy (non-hydrogen) atoms. The highest BCUT2D eigenvalue weighted by atomic mass is 79.9. The van der Waals surface area contributed by atoms with Gasteiger partial charge < -0.3 is 9.47 Å². The number of aromatic nitrogens is 2. The van der Waals surface area contributed by atoms with Gasteiger partial charge in [-0.3, -0.25) is 14.9 Å². The third-order valence-electron chi connectivity index (χ3n) is 5.40. The van der Waals surface area contributed by atoms with Gasteiger partial charge in [-0.15, -0.1) is 0 Å². The first kappa shape index (κ1) is 25.1. The van der Waals surface area contributed by atoms with E-state index in [1.807, 2.05) is 19.9 Å². The highest BCUT2D eigenvalue weighted by Gasteiger charge is 2.15. The van der Waals surface area contributed by atoms with Crippen molar-refractivity contribution in [2.24, 2.45) is 5.10 Å². The van der Waals surface area contributed by atoms with Crippen molar-refractivity contribution in [3.63, 3.8) is 0 Å². The van der Waals surface area contributed by atoms with Gasteiger partial charge in [-0.25, -0.2) is 4.98 Å². The molecule has 0 aliphatic rings. The molecule has 0 N–H and O–H groups in total. The van der Waals surface area contributed by atoms with E-state index < -0.39 is 4.92 Å². The number of non-ortho nitro benzene ring substituents is 1. The van der Waals surface area contributed by atoms with Crippen LogP contribution in [0.5, 0.6) is 11.5 Å². The number of benzene rings is 3. The van der Waals surface area contributed by atoms with Gasteiger partial charge in [0.25, 0.3) is 11.2 Å². The van der Waals surface area contributed by atoms with Crippen molar-refractivity contribution in [2.75, 3.05) is 7.11 Å². The van der Waals surface area contributed by atoms with Gasteiger partial charge in [-0.05, 0) is 35.9 Å². The lowest BCUT2D eigenvalue weighted by Gasteiger charge is -2.14. The number of halogens is 1. The number of rotatable bonds is 8. The molecular formula is C26H23BrN4O5. The quantitative estimate of drug-likeness (QED) is 0.159. The minimum absolute atomic E-state index is 0.0195. The fourth-order valence-corrected chi connectivity index (χ4v) is 4.00. The summed E-state index contributed by atoms with van der Waals surface area (Å²) in [5.41, 5.74) is 1.48. The number of nitrogens with zero attached hydrogens (tertiary/aromatic N) is 4. The van der Waals surface area contributed by atoms with Crippen molar-refractivity contribution < 1.29 is 14.4 Å². The minimum atomic E-state index is -0.454. The highest BCUT2D eigenvalue weighted by Crippen LogP contribution is 2.31. The van der Waals surface area contributed by atoms with Gasteiger partial charge in [0, 0.05) is 28.1 Å². The Labute approximate surface area is 215 Å². The van der Waals surface area contributed by atoms with E-state index in [0.717, 1.165) is 4.47 Å². The molecule has 1 aromatic heterocycles. The standard InChI is InChI=1S/C26H23BrN4O5/c1-16(2)25-29-22-11-10-19(27)13-21(22)26(32)30(25)28-14-18-7-5-9-23(35-3)24(18)36-15-17-6-4-8-20(12-17)31(33)34/h4-14,16H,15H2,1-3H3. The zero-order chi connectivity index (χ0) is 25.8. The van der Waals surface area contributed by atoms with Crippen LogP contribution in [0.3, 0.4) is 0 Å². The van der Waals surface area contributed by atoms with Crippen molar-refractivity contribution in [1.29, 1.82) is 0 Å². The van der Waals surface area contributed by atoms with Crippen molar-refractivity contribution >= 4 is 38.7 Å². The summed E-state index contributed by atoms with van der Waals surface area (Å²) in [5, 5.41) is 16.0. The molecule has 10 heteroatoms. The van der Waals surface area contributed by atoms with Crippen molar-refractivity contribution in [1.82, 2.24) is 9.66 Å². The second-order valence-electron chi connectivity index (χ2n) is 8.24. The smallest absolute Gasteiger partial charge is 0.282 e. The number of hydrogen-bond donors (Lipinski definition) is 0. The zero-order valence-electron chi connectivity index (χ0n) is 19.8. The number of nitro groups is 1. The third-order valence-corrected chi connectivity index (χ3v) is 5.89. The maximum atomic E-state index is 13.3. The molecule has 0 atom stereocenters. The summed E-state index contributed by atoms with van der Waals surface area (Å²) >= 11 is 3.41. The van der Waals surface area contributed by atoms with Crippen LogP contribution in [0.25, 0.3) is 10.9 Å². The summed E-state index contributed by atoms with van der Waals surface area (Å²) in [6, 6.07) is 16.9. The largest absolute Gasteiger partial charge is 0.493 e. The molecule has 3 aromatic carbocycles. The number of fused-ring (bicyclic) bond motifs is 1. The molecule has 9 nitrogen and oxygen atoms in total. The SMILES string of the molecule is COc1cccc(C=Nn2c(C(C)C)nc3ccc(Br)cc3c2=O)c1OCc1cccc([N+](=O)[O-])c1. The lowest BCUT2D eigenvalue weighted by atomic mass is 10.2. The topological polar surface area (TPSA) is 109 Å². The Morgan fingerprint density at radius 3 is 2.67 bits per heavy atom. The molecule has 0 fully saturated rings. The van der Waals surface area contributed by atoms with E-state index in [0.29, 0.717) is 39.4 Å². The highest BCUT2D eigenvalue weighted by molar-refractivity contribution is 9.10. The van der Waals surface area contributed by atoms with E-state index in [-0.39, 0.29) is 23.8 Å². The van der Waals surface area contributed by atoms with Crippen LogP contribution in [0.1, 0.15) is 36.7 Å². The van der Waals surface area contributed by atoms with Gasteiger partial charge in [-0.2, -0.15) is 9.78 Å². The number of hydrogen-bond acceptors (Lipinski definition) is 7. The molecule has 0 amide bonds. The van der Waals surface area contributed by atoms with Crippen LogP contribution in [0.15, 0.2) is 75.0 Å². The monoisotopic (exact) mass is 550 g/mol. The molecular weight excluding hydrogens is 528 g/mol. The summed E-state index contributed by atoms with van der Waals surface area (Å²) in [5.74, 6) is 1.32. The summed E-state index contributed by atoms with van der Waals surface area (Å²) in [6.07, 6.45) is 1.52. The summed E-state index contributed by atoms with van der Waals surface area (Å²) < 4.78 is 13.5. The first-order valence-corrected chi connectivity index (χ1v) is 11.9. The first-order valence-electron chi connectivity index (χ1n) is 11.1. The van der Waals surface area contributed by atoms with Gasteiger partial charge in [0.2, 0.25) is 0 Å². The fraction of sp³-hybridized carbons (Fsp3) is 0.192. The molecule has 0 saturated carbocycles. The second-order valence-corrected chi connectivity index (χ2v) is 9.16. The molecule has 4 aromatic rings. The van der Waals surface area contributed by atoms with E-state index in [1.165, 1.54) is 30.1 Å². The van der Waals surface area contributed by atoms with Crippen LogP contribution in [-0.2, 0) is 6.61 Å². The molecule has 0 unspecified atom stereocenters. The molecule has 0 saturated heterocycles. The normalized spacial score (nSPS) is 11.4. The zero-order valence-corrected chi connectivity index (χ0v) is 21.4. The predicted molar refractivity (Wildman–Crippen MR) is 141 cm³/mol. The Morgan fingerprint density at radius 2 is 1.94 bits per heavy atom. The minimum Gasteiger partial charge on any atom is -0.493 e. The van der Waals surface area contributed by atoms with E-state index in [9.17, 15) is 14.9 Å². The predicted octanol–water partition coefficient (Wildman–Crippen LogP) is 5.66. The molecule has 184 valence electrons. The van der Waals surface area contributed by atoms with Crippen LogP contribution in [-0.4, -0.2) is 27.9 Å². The molecule has 0 radical (unpaired) electrons. The van der Waals surface area contributed by atoms with Crippen molar-refractivity contribution in [2.45, 2.75) is 26.4 Å². The van der Waals surface area contributed by atoms with Gasteiger partial charge in [0.15, 0.2) is 11.5 Å². The van der Waals surface area contributed by atoms with E-state index in [2.05, 4.69) is 26.0 Å². The number of ether oxygens (including phenoxy) is 2. The third kappa shape index (κ3) is 5.28. The number of nitro benzene ring substituents is 1. The van der Waals surface area contributed by atoms with Crippen LogP contribution < -0.4 is 15.0 Å². The van der Waals surface area contributed by atoms with Gasteiger partial charge in [0.1, 0.15) is 12.4 Å². The second kappa shape index (κ2) is 10.7. The molecule has 0 aliphatic carbocycles. The van der Waals surface area contributed by atoms with Crippen LogP contribution in [0.4, 0.5) is 5.69 Å². The molecule has 0 spiro atoms. The lowest BCUT2D eigenvalue weighted by molar-refractivity contribution is -0.384. The Balaban J connectivity index is 1.74. The fourth-order valence-electron chi connectivity index (χ4n) is 3.64. The number of methoxy groups -OCH3 is 1. The lowest BCUT2D eigenvalue weighted by Crippen LogP contribution is -2.23. The van der Waals surface area contributed by atoms with Crippen LogP contribution in [0, 0.1) is 10.1 Å². The molecule has 0 aliphatic heterocycles. The number of para-hydroxylation sites is 1. The Bertz CT molecular complexity index is 1530. The average Bonchev–Trinajstić information content (AvgIpc) is 2.87. The Hall–Kier alpha value is -4.05. The average molecular weight is 551 g/mol.